The molecule has 0 fully saturated rings. The van der Waals surface area contributed by atoms with E-state index >= 15 is 0 Å². The molecule has 1 aromatic carbocycles. The van der Waals surface area contributed by atoms with Crippen molar-refractivity contribution in [2.24, 2.45) is 0 Å². The number of hydrogen-bond acceptors (Lipinski definition) is 3. The van der Waals surface area contributed by atoms with Crippen molar-refractivity contribution >= 4 is 38.4 Å². The molecule has 0 aliphatic rings. The molecule has 0 amide bonds. The lowest BCUT2D eigenvalue weighted by Gasteiger charge is -2.07. The van der Waals surface area contributed by atoms with E-state index < -0.39 is 11.4 Å². The van der Waals surface area contributed by atoms with Gasteiger partial charge in [-0.15, -0.1) is 0 Å². The second kappa shape index (κ2) is 5.06. The molecular weight excluding hydrogens is 309 g/mol. The maximum atomic E-state index is 11.6. The van der Waals surface area contributed by atoms with Crippen molar-refractivity contribution in [2.75, 3.05) is 5.33 Å². The molecule has 0 atom stereocenters. The molecule has 0 spiro atoms. The van der Waals surface area contributed by atoms with E-state index in [1.165, 1.54) is 10.6 Å². The molecular formula is C11H9BrClNO3. The molecule has 0 aliphatic heterocycles. The number of aromatic nitrogens is 1. The van der Waals surface area contributed by atoms with Crippen LogP contribution in [0.25, 0.3) is 10.9 Å². The van der Waals surface area contributed by atoms with Crippen molar-refractivity contribution in [3.8, 4) is 0 Å². The fraction of sp³-hybridized carbons (Fsp3) is 0.273. The Kier molecular flexibility index (Phi) is 3.69. The van der Waals surface area contributed by atoms with Crippen molar-refractivity contribution in [1.29, 1.82) is 0 Å². The van der Waals surface area contributed by atoms with Crippen LogP contribution < -0.4 is 11.4 Å². The Hall–Kier alpha value is -1.07. The summed E-state index contributed by atoms with van der Waals surface area (Å²) >= 11 is 9.10. The van der Waals surface area contributed by atoms with Crippen LogP contribution in [0.3, 0.4) is 0 Å². The van der Waals surface area contributed by atoms with Gasteiger partial charge < -0.3 is 4.42 Å². The number of aryl methyl sites for hydroxylation is 1. The van der Waals surface area contributed by atoms with E-state index in [-0.39, 0.29) is 0 Å². The monoisotopic (exact) mass is 317 g/mol. The van der Waals surface area contributed by atoms with E-state index in [0.717, 1.165) is 11.8 Å². The predicted molar refractivity (Wildman–Crippen MR) is 70.2 cm³/mol. The van der Waals surface area contributed by atoms with Crippen LogP contribution in [-0.2, 0) is 6.54 Å². The Balaban J connectivity index is 2.74. The van der Waals surface area contributed by atoms with Crippen molar-refractivity contribution in [1.82, 2.24) is 4.57 Å². The van der Waals surface area contributed by atoms with Gasteiger partial charge in [-0.2, -0.15) is 0 Å². The van der Waals surface area contributed by atoms with E-state index in [4.69, 9.17) is 11.6 Å². The van der Waals surface area contributed by atoms with E-state index in [1.807, 2.05) is 0 Å². The number of halogens is 2. The smallest absolute Gasteiger partial charge is 0.372 e. The summed E-state index contributed by atoms with van der Waals surface area (Å²) in [7, 11) is 0. The molecule has 1 aromatic heterocycles. The Morgan fingerprint density at radius 3 is 2.82 bits per heavy atom. The van der Waals surface area contributed by atoms with Crippen LogP contribution in [0.15, 0.2) is 32.2 Å². The van der Waals surface area contributed by atoms with Crippen LogP contribution >= 0.6 is 27.5 Å². The lowest BCUT2D eigenvalue weighted by molar-refractivity contribution is 0.415. The van der Waals surface area contributed by atoms with Crippen molar-refractivity contribution in [3.05, 3.63) is 44.2 Å². The van der Waals surface area contributed by atoms with Gasteiger partial charge in [0.15, 0.2) is 0 Å². The fourth-order valence-corrected chi connectivity index (χ4v) is 2.05. The second-order valence-corrected chi connectivity index (χ2v) is 4.74. The largest absolute Gasteiger partial charge is 0.422 e. The highest BCUT2D eigenvalue weighted by molar-refractivity contribution is 9.09. The molecule has 0 aliphatic carbocycles. The minimum atomic E-state index is -0.650. The molecule has 90 valence electrons. The lowest BCUT2D eigenvalue weighted by atomic mass is 10.2. The number of rotatable bonds is 3. The highest BCUT2D eigenvalue weighted by Gasteiger charge is 2.09. The molecule has 2 aromatic rings. The van der Waals surface area contributed by atoms with Crippen LogP contribution in [-0.4, -0.2) is 9.90 Å². The topological polar surface area (TPSA) is 52.2 Å². The number of nitrogens with zero attached hydrogens (tertiary/aromatic N) is 1. The minimum absolute atomic E-state index is 0.326. The zero-order valence-electron chi connectivity index (χ0n) is 8.78. The SMILES string of the molecule is O=c1oc(=O)n(CCCBr)c2ccc(Cl)cc12. The van der Waals surface area contributed by atoms with E-state index in [2.05, 4.69) is 20.3 Å². The van der Waals surface area contributed by atoms with Crippen molar-refractivity contribution in [2.45, 2.75) is 13.0 Å². The summed E-state index contributed by atoms with van der Waals surface area (Å²) in [5.74, 6) is -0.634. The highest BCUT2D eigenvalue weighted by atomic mass is 79.9. The molecule has 0 saturated heterocycles. The molecule has 0 bridgehead atoms. The quantitative estimate of drug-likeness (QED) is 0.817. The first kappa shape index (κ1) is 12.4. The molecule has 0 saturated carbocycles. The first-order valence-electron chi connectivity index (χ1n) is 5.02. The minimum Gasteiger partial charge on any atom is -0.372 e. The summed E-state index contributed by atoms with van der Waals surface area (Å²) in [6.45, 7) is 0.492. The summed E-state index contributed by atoms with van der Waals surface area (Å²) in [6.07, 6.45) is 0.769. The number of hydrogen-bond donors (Lipinski definition) is 0. The van der Waals surface area contributed by atoms with Gasteiger partial charge in [0.2, 0.25) is 0 Å². The summed E-state index contributed by atoms with van der Waals surface area (Å²) in [5.41, 5.74) is -0.0980. The third-order valence-corrected chi connectivity index (χ3v) is 3.18. The summed E-state index contributed by atoms with van der Waals surface area (Å²) in [5, 5.41) is 1.54. The van der Waals surface area contributed by atoms with Crippen LogP contribution in [0.4, 0.5) is 0 Å². The van der Waals surface area contributed by atoms with E-state index in [9.17, 15) is 9.59 Å². The van der Waals surface area contributed by atoms with Gasteiger partial charge in [-0.25, -0.2) is 9.59 Å². The van der Waals surface area contributed by atoms with Gasteiger partial charge in [0.25, 0.3) is 0 Å². The molecule has 0 radical (unpaired) electrons. The normalized spacial score (nSPS) is 10.9. The van der Waals surface area contributed by atoms with Gasteiger partial charge in [-0.05, 0) is 24.6 Å². The molecule has 2 rings (SSSR count). The Labute approximate surface area is 110 Å². The van der Waals surface area contributed by atoms with Gasteiger partial charge in [-0.1, -0.05) is 27.5 Å². The van der Waals surface area contributed by atoms with Crippen LogP contribution in [0.5, 0.6) is 0 Å². The second-order valence-electron chi connectivity index (χ2n) is 3.51. The molecule has 17 heavy (non-hydrogen) atoms. The summed E-state index contributed by atoms with van der Waals surface area (Å²) < 4.78 is 6.09. The van der Waals surface area contributed by atoms with Gasteiger partial charge in [0.1, 0.15) is 0 Å². The van der Waals surface area contributed by atoms with Gasteiger partial charge in [0, 0.05) is 16.9 Å². The third kappa shape index (κ3) is 2.45. The predicted octanol–water partition coefficient (Wildman–Crippen LogP) is 2.39. The number of benzene rings is 1. The maximum absolute atomic E-state index is 11.6. The zero-order chi connectivity index (χ0) is 12.4. The summed E-state index contributed by atoms with van der Waals surface area (Å²) in [4.78, 5) is 23.1. The van der Waals surface area contributed by atoms with Crippen molar-refractivity contribution in [3.63, 3.8) is 0 Å². The standard InChI is InChI=1S/C11H9BrClNO3/c12-4-1-5-14-9-3-2-7(13)6-8(9)10(15)17-11(14)16/h2-3,6H,1,4-5H2. The van der Waals surface area contributed by atoms with Gasteiger partial charge in [-0.3, -0.25) is 4.57 Å². The first-order valence-corrected chi connectivity index (χ1v) is 6.52. The average Bonchev–Trinajstić information content (AvgIpc) is 2.29. The van der Waals surface area contributed by atoms with Crippen LogP contribution in [0.2, 0.25) is 5.02 Å². The molecule has 1 heterocycles. The lowest BCUT2D eigenvalue weighted by Crippen LogP contribution is -2.25. The Morgan fingerprint density at radius 2 is 2.12 bits per heavy atom. The third-order valence-electron chi connectivity index (χ3n) is 2.39. The van der Waals surface area contributed by atoms with Gasteiger partial charge >= 0.3 is 11.4 Å². The van der Waals surface area contributed by atoms with Crippen LogP contribution in [0, 0.1) is 0 Å². The maximum Gasteiger partial charge on any atom is 0.422 e. The van der Waals surface area contributed by atoms with E-state index in [0.29, 0.717) is 22.5 Å². The number of alkyl halides is 1. The van der Waals surface area contributed by atoms with Crippen LogP contribution in [0.1, 0.15) is 6.42 Å². The van der Waals surface area contributed by atoms with E-state index in [1.54, 1.807) is 12.1 Å². The van der Waals surface area contributed by atoms with Crippen molar-refractivity contribution < 1.29 is 4.42 Å². The van der Waals surface area contributed by atoms with Gasteiger partial charge in [0.05, 0.1) is 10.9 Å². The Bertz CT molecular complexity index is 662. The summed E-state index contributed by atoms with van der Waals surface area (Å²) in [6, 6.07) is 4.81. The molecule has 0 N–H and O–H groups in total. The highest BCUT2D eigenvalue weighted by Crippen LogP contribution is 2.15. The Morgan fingerprint density at radius 1 is 1.35 bits per heavy atom. The molecule has 0 unspecified atom stereocenters. The average molecular weight is 319 g/mol. The first-order chi connectivity index (χ1) is 8.13. The zero-order valence-corrected chi connectivity index (χ0v) is 11.1. The fourth-order valence-electron chi connectivity index (χ4n) is 1.62. The molecule has 4 nitrogen and oxygen atoms in total. The molecule has 6 heteroatoms. The number of fused-ring (bicyclic) bond motifs is 1.